The normalized spacial score (nSPS) is 14.8. The van der Waals surface area contributed by atoms with Gasteiger partial charge in [-0.2, -0.15) is 4.98 Å². The largest absolute Gasteiger partial charge is 0.493 e. The summed E-state index contributed by atoms with van der Waals surface area (Å²) in [7, 11) is 0. The van der Waals surface area contributed by atoms with Gasteiger partial charge in [-0.15, -0.1) is 0 Å². The number of halogens is 1. The second-order valence-electron chi connectivity index (χ2n) is 14.7. The Hall–Kier alpha value is -4.31. The molecule has 0 saturated carbocycles. The zero-order valence-electron chi connectivity index (χ0n) is 30.9. The first kappa shape index (κ1) is 37.0. The molecule has 0 N–H and O–H groups in total. The second-order valence-corrected chi connectivity index (χ2v) is 14.7. The number of pyridine rings is 1. The highest BCUT2D eigenvalue weighted by Gasteiger charge is 2.37. The molecule has 5 rings (SSSR count). The molecule has 2 aromatic carbocycles. The fourth-order valence-corrected chi connectivity index (χ4v) is 6.36. The Labute approximate surface area is 295 Å². The molecule has 0 radical (unpaired) electrons. The molecule has 3 heterocycles. The highest BCUT2D eigenvalue weighted by molar-refractivity contribution is 5.88. The first-order valence-electron chi connectivity index (χ1n) is 17.7. The lowest BCUT2D eigenvalue weighted by Gasteiger charge is -2.38. The average Bonchev–Trinajstić information content (AvgIpc) is 3.55. The molecular weight excluding hydrogens is 635 g/mol. The molecule has 0 unspecified atom stereocenters. The van der Waals surface area contributed by atoms with Crippen molar-refractivity contribution in [1.29, 1.82) is 0 Å². The molecule has 0 spiro atoms. The van der Waals surface area contributed by atoms with Crippen molar-refractivity contribution in [2.24, 2.45) is 0 Å². The van der Waals surface area contributed by atoms with Crippen molar-refractivity contribution in [2.45, 2.75) is 111 Å². The fraction of sp³-hybridized carbons (Fsp3) is 0.500. The van der Waals surface area contributed by atoms with Gasteiger partial charge in [0.15, 0.2) is 11.9 Å². The lowest BCUT2D eigenvalue weighted by atomic mass is 9.90. The number of ether oxygens (including phenoxy) is 3. The maximum absolute atomic E-state index is 13.9. The number of aromatic nitrogens is 3. The number of esters is 1. The summed E-state index contributed by atoms with van der Waals surface area (Å²) >= 11 is 0. The smallest absolute Gasteiger partial charge is 0.340 e. The van der Waals surface area contributed by atoms with Crippen molar-refractivity contribution in [3.8, 4) is 16.9 Å². The highest BCUT2D eigenvalue weighted by atomic mass is 19.1. The summed E-state index contributed by atoms with van der Waals surface area (Å²) in [6.45, 7) is 19.4. The summed E-state index contributed by atoms with van der Waals surface area (Å²) in [5, 5.41) is 4.20. The van der Waals surface area contributed by atoms with Crippen molar-refractivity contribution in [3.05, 3.63) is 88.6 Å². The Morgan fingerprint density at radius 1 is 0.960 bits per heavy atom. The van der Waals surface area contributed by atoms with Gasteiger partial charge < -0.3 is 23.6 Å². The predicted molar refractivity (Wildman–Crippen MR) is 192 cm³/mol. The van der Waals surface area contributed by atoms with Crippen LogP contribution in [0.4, 0.5) is 10.1 Å². The molecule has 2 aromatic heterocycles. The van der Waals surface area contributed by atoms with Crippen molar-refractivity contribution in [2.75, 3.05) is 24.6 Å². The zero-order valence-corrected chi connectivity index (χ0v) is 30.9. The molecule has 10 heteroatoms. The van der Waals surface area contributed by atoms with Crippen LogP contribution in [0, 0.1) is 19.7 Å². The third-order valence-electron chi connectivity index (χ3n) is 8.73. The first-order valence-corrected chi connectivity index (χ1v) is 17.7. The summed E-state index contributed by atoms with van der Waals surface area (Å²) in [6, 6.07) is 14.4. The number of carbonyl (C=O) groups is 1. The van der Waals surface area contributed by atoms with Crippen molar-refractivity contribution in [3.63, 3.8) is 0 Å². The van der Waals surface area contributed by atoms with E-state index in [4.69, 9.17) is 28.7 Å². The van der Waals surface area contributed by atoms with Gasteiger partial charge in [0.05, 0.1) is 24.0 Å². The van der Waals surface area contributed by atoms with E-state index in [1.54, 1.807) is 12.1 Å². The topological polar surface area (TPSA) is 99.8 Å². The summed E-state index contributed by atoms with van der Waals surface area (Å²) in [4.78, 5) is 25.9. The van der Waals surface area contributed by atoms with Crippen molar-refractivity contribution < 1.29 is 27.9 Å². The van der Waals surface area contributed by atoms with Crippen LogP contribution < -0.4 is 9.64 Å². The van der Waals surface area contributed by atoms with E-state index in [1.165, 1.54) is 12.1 Å². The quantitative estimate of drug-likeness (QED) is 0.135. The molecule has 0 amide bonds. The summed E-state index contributed by atoms with van der Waals surface area (Å²) in [5.41, 5.74) is 5.45. The van der Waals surface area contributed by atoms with Crippen LogP contribution in [0.2, 0.25) is 0 Å². The molecule has 268 valence electrons. The van der Waals surface area contributed by atoms with E-state index in [-0.39, 0.29) is 23.8 Å². The number of hydrogen-bond acceptors (Lipinski definition) is 9. The lowest BCUT2D eigenvalue weighted by molar-refractivity contribution is -0.171. The molecule has 1 aliphatic heterocycles. The molecule has 1 saturated heterocycles. The van der Waals surface area contributed by atoms with Crippen molar-refractivity contribution >= 4 is 11.7 Å². The van der Waals surface area contributed by atoms with Gasteiger partial charge in [0, 0.05) is 53.9 Å². The van der Waals surface area contributed by atoms with Gasteiger partial charge in [0.25, 0.3) is 0 Å². The minimum Gasteiger partial charge on any atom is -0.493 e. The van der Waals surface area contributed by atoms with E-state index >= 15 is 0 Å². The SMILES string of the molecule is Cc1nc(C)c([C@H](OC(C)(C)C)C(=O)OC(C)C)c(N2CCC(c3nc(C(C)C)no3)CC2)c1-c1ccc(OCCc2ccc(F)cc2)cc1. The van der Waals surface area contributed by atoms with Crippen LogP contribution in [0.25, 0.3) is 11.1 Å². The van der Waals surface area contributed by atoms with Crippen LogP contribution in [0.3, 0.4) is 0 Å². The number of carbonyl (C=O) groups excluding carboxylic acids is 1. The maximum atomic E-state index is 13.9. The van der Waals surface area contributed by atoms with Gasteiger partial charge in [-0.05, 0) is 96.7 Å². The Morgan fingerprint density at radius 2 is 1.62 bits per heavy atom. The molecule has 0 aliphatic carbocycles. The number of rotatable bonds is 12. The molecule has 1 fully saturated rings. The van der Waals surface area contributed by atoms with Crippen LogP contribution in [0.1, 0.15) is 113 Å². The van der Waals surface area contributed by atoms with Crippen LogP contribution >= 0.6 is 0 Å². The van der Waals surface area contributed by atoms with E-state index in [9.17, 15) is 9.18 Å². The number of benzene rings is 2. The van der Waals surface area contributed by atoms with Crippen LogP contribution in [0.5, 0.6) is 5.75 Å². The minimum absolute atomic E-state index is 0.140. The summed E-state index contributed by atoms with van der Waals surface area (Å²) in [6.07, 6.45) is 0.973. The van der Waals surface area contributed by atoms with E-state index in [2.05, 4.69) is 23.9 Å². The molecule has 1 atom stereocenters. The average molecular weight is 687 g/mol. The minimum atomic E-state index is -0.990. The van der Waals surface area contributed by atoms with Gasteiger partial charge in [0.2, 0.25) is 5.89 Å². The number of piperidine rings is 1. The molecule has 50 heavy (non-hydrogen) atoms. The monoisotopic (exact) mass is 686 g/mol. The third-order valence-corrected chi connectivity index (χ3v) is 8.73. The van der Waals surface area contributed by atoms with E-state index in [0.717, 1.165) is 58.2 Å². The van der Waals surface area contributed by atoms with Gasteiger partial charge in [-0.25, -0.2) is 9.18 Å². The highest BCUT2D eigenvalue weighted by Crippen LogP contribution is 2.45. The Kier molecular flexibility index (Phi) is 11.6. The Morgan fingerprint density at radius 3 is 2.20 bits per heavy atom. The molecule has 1 aliphatic rings. The molecule has 4 aromatic rings. The molecular formula is C40H51FN4O5. The van der Waals surface area contributed by atoms with E-state index in [0.29, 0.717) is 37.6 Å². The van der Waals surface area contributed by atoms with E-state index < -0.39 is 17.7 Å². The summed E-state index contributed by atoms with van der Waals surface area (Å²) < 4.78 is 37.4. The van der Waals surface area contributed by atoms with Gasteiger partial charge in [-0.1, -0.05) is 43.3 Å². The fourth-order valence-electron chi connectivity index (χ4n) is 6.36. The van der Waals surface area contributed by atoms with Gasteiger partial charge >= 0.3 is 5.97 Å². The molecule has 0 bridgehead atoms. The standard InChI is InChI=1S/C40H51FN4O5/c1-24(2)37-43-38(50-44-37)30-18-21-45(22-19-30)35-33(29-12-16-32(17-13-29)47-23-20-28-10-14-31(41)15-11-28)26(5)42-27(6)34(35)36(49-40(7,8)9)39(46)48-25(3)4/h10-17,24-25,30,36H,18-23H2,1-9H3/t36-/m0/s1. The van der Waals surface area contributed by atoms with Gasteiger partial charge in [0.1, 0.15) is 11.6 Å². The first-order chi connectivity index (χ1) is 23.7. The summed E-state index contributed by atoms with van der Waals surface area (Å²) in [5.74, 6) is 1.77. The number of hydrogen-bond donors (Lipinski definition) is 0. The number of anilines is 1. The predicted octanol–water partition coefficient (Wildman–Crippen LogP) is 8.82. The molecule has 9 nitrogen and oxygen atoms in total. The number of aryl methyl sites for hydroxylation is 2. The zero-order chi connectivity index (χ0) is 36.2. The number of nitrogens with zero attached hydrogens (tertiary/aromatic N) is 4. The maximum Gasteiger partial charge on any atom is 0.340 e. The Bertz CT molecular complexity index is 1740. The Balaban J connectivity index is 1.52. The second kappa shape index (κ2) is 15.7. The van der Waals surface area contributed by atoms with E-state index in [1.807, 2.05) is 72.7 Å². The van der Waals surface area contributed by atoms with Crippen LogP contribution in [-0.4, -0.2) is 52.5 Å². The third kappa shape index (κ3) is 9.07. The lowest BCUT2D eigenvalue weighted by Crippen LogP contribution is -2.37. The van der Waals surface area contributed by atoms with Crippen LogP contribution in [-0.2, 0) is 20.7 Å². The van der Waals surface area contributed by atoms with Crippen LogP contribution in [0.15, 0.2) is 53.1 Å². The van der Waals surface area contributed by atoms with Gasteiger partial charge in [-0.3, -0.25) is 4.98 Å². The van der Waals surface area contributed by atoms with Crippen molar-refractivity contribution in [1.82, 2.24) is 15.1 Å².